The van der Waals surface area contributed by atoms with Gasteiger partial charge in [-0.2, -0.15) is 0 Å². The van der Waals surface area contributed by atoms with E-state index in [2.05, 4.69) is 0 Å². The Balaban J connectivity index is 1.39. The lowest BCUT2D eigenvalue weighted by Gasteiger charge is -2.60. The summed E-state index contributed by atoms with van der Waals surface area (Å²) in [4.78, 5) is 25.6. The Morgan fingerprint density at radius 1 is 1.27 bits per heavy atom. The molecule has 4 aliphatic carbocycles. The summed E-state index contributed by atoms with van der Waals surface area (Å²) in [6.45, 7) is 0.600. The molecule has 0 aromatic heterocycles. The molecule has 2 atom stereocenters. The van der Waals surface area contributed by atoms with Gasteiger partial charge in [0.1, 0.15) is 0 Å². The number of anilines is 1. The molecule has 0 radical (unpaired) electrons. The highest BCUT2D eigenvalue weighted by molar-refractivity contribution is 5.96. The van der Waals surface area contributed by atoms with Gasteiger partial charge in [0.05, 0.1) is 16.2 Å². The van der Waals surface area contributed by atoms with Crippen LogP contribution in [0.15, 0.2) is 18.2 Å². The monoisotopic (exact) mass is 356 g/mol. The highest BCUT2D eigenvalue weighted by Gasteiger charge is 2.57. The first-order chi connectivity index (χ1) is 12.3. The Morgan fingerprint density at radius 3 is 2.65 bits per heavy atom. The standard InChI is InChI=1S/C20H24N2O4/c23-18(21-4-3-15-1-2-16(22(25)26)6-17(15)21)11-19-7-13-5-14(8-19)10-20(24,9-13)12-19/h1-2,6,13-14,24H,3-5,7-12H2. The number of amides is 1. The first-order valence-electron chi connectivity index (χ1n) is 9.65. The maximum atomic E-state index is 13.2. The van der Waals surface area contributed by atoms with E-state index in [1.807, 2.05) is 0 Å². The van der Waals surface area contributed by atoms with Crippen molar-refractivity contribution in [1.29, 1.82) is 0 Å². The highest BCUT2D eigenvalue weighted by Crippen LogP contribution is 2.63. The Hall–Kier alpha value is -1.95. The minimum Gasteiger partial charge on any atom is -0.390 e. The van der Waals surface area contributed by atoms with Gasteiger partial charge in [-0.25, -0.2) is 0 Å². The van der Waals surface area contributed by atoms with Gasteiger partial charge in [0.2, 0.25) is 5.91 Å². The quantitative estimate of drug-likeness (QED) is 0.666. The van der Waals surface area contributed by atoms with Crippen LogP contribution in [0.5, 0.6) is 0 Å². The lowest BCUT2D eigenvalue weighted by atomic mass is 9.47. The molecule has 0 spiro atoms. The number of nitro benzene ring substituents is 1. The fourth-order valence-electron chi connectivity index (χ4n) is 6.77. The van der Waals surface area contributed by atoms with Crippen molar-refractivity contribution in [2.45, 2.75) is 57.0 Å². The largest absolute Gasteiger partial charge is 0.390 e. The van der Waals surface area contributed by atoms with E-state index in [-0.39, 0.29) is 17.0 Å². The van der Waals surface area contributed by atoms with Gasteiger partial charge in [-0.3, -0.25) is 14.9 Å². The second-order valence-corrected chi connectivity index (χ2v) is 9.23. The third-order valence-corrected chi connectivity index (χ3v) is 7.15. The molecule has 4 bridgehead atoms. The number of rotatable bonds is 3. The summed E-state index contributed by atoms with van der Waals surface area (Å²) in [6.07, 6.45) is 7.06. The van der Waals surface area contributed by atoms with Gasteiger partial charge < -0.3 is 10.0 Å². The number of nitrogens with zero attached hydrogens (tertiary/aromatic N) is 2. The second-order valence-electron chi connectivity index (χ2n) is 9.23. The topological polar surface area (TPSA) is 83.7 Å². The molecule has 1 aromatic rings. The maximum Gasteiger partial charge on any atom is 0.271 e. The van der Waals surface area contributed by atoms with Gasteiger partial charge in [0, 0.05) is 25.1 Å². The lowest BCUT2D eigenvalue weighted by molar-refractivity contribution is -0.384. The van der Waals surface area contributed by atoms with Crippen LogP contribution in [-0.4, -0.2) is 28.1 Å². The molecular weight excluding hydrogens is 332 g/mol. The molecule has 6 nitrogen and oxygen atoms in total. The normalized spacial score (nSPS) is 37.0. The molecule has 2 unspecified atom stereocenters. The number of fused-ring (bicyclic) bond motifs is 1. The van der Waals surface area contributed by atoms with Crippen molar-refractivity contribution < 1.29 is 14.8 Å². The number of carbonyl (C=O) groups is 1. The minimum atomic E-state index is -0.563. The van der Waals surface area contributed by atoms with E-state index >= 15 is 0 Å². The highest BCUT2D eigenvalue weighted by atomic mass is 16.6. The van der Waals surface area contributed by atoms with Crippen molar-refractivity contribution >= 4 is 17.3 Å². The number of hydrogen-bond acceptors (Lipinski definition) is 4. The summed E-state index contributed by atoms with van der Waals surface area (Å²) in [7, 11) is 0. The molecule has 26 heavy (non-hydrogen) atoms. The molecule has 1 amide bonds. The van der Waals surface area contributed by atoms with Crippen molar-refractivity contribution in [2.75, 3.05) is 11.4 Å². The zero-order valence-electron chi connectivity index (χ0n) is 14.8. The SMILES string of the molecule is O=C(CC12CC3CC(CC(O)(C3)C1)C2)N1CCc2ccc([N+](=O)[O-])cc21. The van der Waals surface area contributed by atoms with Gasteiger partial charge >= 0.3 is 0 Å². The number of hydrogen-bond donors (Lipinski definition) is 1. The van der Waals surface area contributed by atoms with E-state index in [1.54, 1.807) is 11.0 Å². The van der Waals surface area contributed by atoms with Gasteiger partial charge in [0.15, 0.2) is 0 Å². The smallest absolute Gasteiger partial charge is 0.271 e. The molecule has 1 aromatic carbocycles. The second kappa shape index (κ2) is 5.28. The van der Waals surface area contributed by atoms with Gasteiger partial charge in [-0.05, 0) is 67.8 Å². The van der Waals surface area contributed by atoms with Crippen LogP contribution >= 0.6 is 0 Å². The predicted molar refractivity (Wildman–Crippen MR) is 95.8 cm³/mol. The maximum absolute atomic E-state index is 13.2. The number of non-ortho nitro benzene ring substituents is 1. The average Bonchev–Trinajstić information content (AvgIpc) is 2.94. The fourth-order valence-corrected chi connectivity index (χ4v) is 6.77. The lowest BCUT2D eigenvalue weighted by Crippen LogP contribution is -2.56. The minimum absolute atomic E-state index is 0.0348. The molecule has 1 heterocycles. The molecule has 6 heteroatoms. The third-order valence-electron chi connectivity index (χ3n) is 7.15. The first-order valence-corrected chi connectivity index (χ1v) is 9.65. The number of aliphatic hydroxyl groups is 1. The Morgan fingerprint density at radius 2 is 2.00 bits per heavy atom. The van der Waals surface area contributed by atoms with E-state index in [4.69, 9.17) is 0 Å². The van der Waals surface area contributed by atoms with E-state index < -0.39 is 10.5 Å². The molecular formula is C20H24N2O4. The van der Waals surface area contributed by atoms with Crippen molar-refractivity contribution in [2.24, 2.45) is 17.3 Å². The number of nitro groups is 1. The summed E-state index contributed by atoms with van der Waals surface area (Å²) >= 11 is 0. The predicted octanol–water partition coefficient (Wildman–Crippen LogP) is 3.21. The molecule has 1 aliphatic heterocycles. The Labute approximate surface area is 152 Å². The van der Waals surface area contributed by atoms with Crippen LogP contribution in [0.2, 0.25) is 0 Å². The first kappa shape index (κ1) is 16.2. The van der Waals surface area contributed by atoms with Gasteiger partial charge in [-0.1, -0.05) is 6.07 Å². The third kappa shape index (κ3) is 2.46. The molecule has 4 fully saturated rings. The summed E-state index contributed by atoms with van der Waals surface area (Å²) in [5, 5.41) is 22.0. The van der Waals surface area contributed by atoms with E-state index in [1.165, 1.54) is 18.6 Å². The summed E-state index contributed by atoms with van der Waals surface area (Å²) in [5.74, 6) is 1.18. The number of benzene rings is 1. The number of carbonyl (C=O) groups excluding carboxylic acids is 1. The van der Waals surface area contributed by atoms with Crippen LogP contribution < -0.4 is 4.90 Å². The molecule has 4 saturated carbocycles. The van der Waals surface area contributed by atoms with Gasteiger partial charge in [-0.15, -0.1) is 0 Å². The van der Waals surface area contributed by atoms with Crippen LogP contribution in [0.4, 0.5) is 11.4 Å². The van der Waals surface area contributed by atoms with Crippen LogP contribution in [0.3, 0.4) is 0 Å². The van der Waals surface area contributed by atoms with Crippen LogP contribution in [0.25, 0.3) is 0 Å². The molecule has 5 aliphatic rings. The summed E-state index contributed by atoms with van der Waals surface area (Å²) < 4.78 is 0. The van der Waals surface area contributed by atoms with E-state index in [9.17, 15) is 20.0 Å². The van der Waals surface area contributed by atoms with Crippen molar-refractivity contribution in [3.8, 4) is 0 Å². The molecule has 6 rings (SSSR count). The van der Waals surface area contributed by atoms with Crippen LogP contribution in [0.1, 0.15) is 50.5 Å². The molecule has 1 N–H and O–H groups in total. The summed E-state index contributed by atoms with van der Waals surface area (Å²) in [5.41, 5.74) is 1.11. The molecule has 0 saturated heterocycles. The van der Waals surface area contributed by atoms with Crippen molar-refractivity contribution in [1.82, 2.24) is 0 Å². The van der Waals surface area contributed by atoms with E-state index in [0.717, 1.165) is 44.1 Å². The van der Waals surface area contributed by atoms with Crippen LogP contribution in [-0.2, 0) is 11.2 Å². The zero-order valence-corrected chi connectivity index (χ0v) is 14.8. The van der Waals surface area contributed by atoms with Crippen molar-refractivity contribution in [3.05, 3.63) is 33.9 Å². The van der Waals surface area contributed by atoms with Crippen molar-refractivity contribution in [3.63, 3.8) is 0 Å². The average molecular weight is 356 g/mol. The Kier molecular flexibility index (Phi) is 3.30. The van der Waals surface area contributed by atoms with Crippen LogP contribution in [0, 0.1) is 27.4 Å². The van der Waals surface area contributed by atoms with E-state index in [0.29, 0.717) is 30.5 Å². The Bertz CT molecular complexity index is 791. The fraction of sp³-hybridized carbons (Fsp3) is 0.650. The molecule has 138 valence electrons. The zero-order chi connectivity index (χ0) is 18.1. The van der Waals surface area contributed by atoms with Gasteiger partial charge in [0.25, 0.3) is 5.69 Å². The summed E-state index contributed by atoms with van der Waals surface area (Å²) in [6, 6.07) is 4.82.